The first-order valence-corrected chi connectivity index (χ1v) is 8.14. The number of hydrogen-bond acceptors (Lipinski definition) is 2. The number of nitrogens with one attached hydrogen (secondary N) is 1. The topological polar surface area (TPSA) is 32.3 Å². The molecule has 0 spiro atoms. The summed E-state index contributed by atoms with van der Waals surface area (Å²) in [6.45, 7) is 1.81. The number of carbonyl (C=O) groups is 1. The minimum Gasteiger partial charge on any atom is -0.344 e. The number of benzene rings is 1. The Hall–Kier alpha value is -0.580. The molecular weight excluding hydrogens is 352 g/mol. The van der Waals surface area contributed by atoms with Crippen LogP contribution in [0.15, 0.2) is 28.7 Å². The highest BCUT2D eigenvalue weighted by atomic mass is 79.9. The summed E-state index contributed by atoms with van der Waals surface area (Å²) in [6, 6.07) is 8.60. The lowest BCUT2D eigenvalue weighted by molar-refractivity contribution is -0.132. The molecule has 2 fully saturated rings. The Bertz CT molecular complexity index is 496. The third-order valence-corrected chi connectivity index (χ3v) is 5.11. The third-order valence-electron chi connectivity index (χ3n) is 4.58. The van der Waals surface area contributed by atoms with E-state index in [4.69, 9.17) is 0 Å². The van der Waals surface area contributed by atoms with Crippen LogP contribution in [0.2, 0.25) is 0 Å². The summed E-state index contributed by atoms with van der Waals surface area (Å²) >= 11 is 3.48. The van der Waals surface area contributed by atoms with Crippen LogP contribution in [0.25, 0.3) is 0 Å². The van der Waals surface area contributed by atoms with Gasteiger partial charge in [-0.15, -0.1) is 12.4 Å². The number of nitrogens with zero attached hydrogens (tertiary/aromatic N) is 1. The van der Waals surface area contributed by atoms with Crippen LogP contribution >= 0.6 is 28.3 Å². The summed E-state index contributed by atoms with van der Waals surface area (Å²) in [5, 5.41) is 3.29. The summed E-state index contributed by atoms with van der Waals surface area (Å²) in [5.41, 5.74) is 1.56. The minimum absolute atomic E-state index is 0. The van der Waals surface area contributed by atoms with Crippen molar-refractivity contribution >= 4 is 34.2 Å². The lowest BCUT2D eigenvalue weighted by Gasteiger charge is -2.26. The van der Waals surface area contributed by atoms with Gasteiger partial charge in [0.25, 0.3) is 0 Å². The zero-order chi connectivity index (χ0) is 14.2. The van der Waals surface area contributed by atoms with Gasteiger partial charge in [0.2, 0.25) is 5.91 Å². The summed E-state index contributed by atoms with van der Waals surface area (Å²) in [6.07, 6.45) is 4.46. The first kappa shape index (κ1) is 16.8. The highest BCUT2D eigenvalue weighted by Crippen LogP contribution is 2.48. The Labute approximate surface area is 141 Å². The van der Waals surface area contributed by atoms with Gasteiger partial charge in [-0.2, -0.15) is 0 Å². The molecule has 1 amide bonds. The molecule has 1 aromatic carbocycles. The van der Waals surface area contributed by atoms with Crippen LogP contribution in [-0.2, 0) is 10.2 Å². The second-order valence-corrected chi connectivity index (χ2v) is 7.05. The third kappa shape index (κ3) is 3.61. The Morgan fingerprint density at radius 2 is 2.05 bits per heavy atom. The predicted molar refractivity (Wildman–Crippen MR) is 91.0 cm³/mol. The van der Waals surface area contributed by atoms with Gasteiger partial charge in [0.15, 0.2) is 0 Å². The zero-order valence-corrected chi connectivity index (χ0v) is 14.7. The van der Waals surface area contributed by atoms with E-state index in [0.717, 1.165) is 30.4 Å². The van der Waals surface area contributed by atoms with E-state index in [2.05, 4.69) is 45.5 Å². The fraction of sp³-hybridized carbons (Fsp3) is 0.562. The van der Waals surface area contributed by atoms with Gasteiger partial charge in [-0.25, -0.2) is 0 Å². The summed E-state index contributed by atoms with van der Waals surface area (Å²) in [7, 11) is 1.95. The van der Waals surface area contributed by atoms with Gasteiger partial charge in [-0.05, 0) is 49.9 Å². The van der Waals surface area contributed by atoms with Crippen molar-refractivity contribution < 1.29 is 4.79 Å². The van der Waals surface area contributed by atoms with Crippen molar-refractivity contribution in [2.45, 2.75) is 37.1 Å². The molecule has 5 heteroatoms. The van der Waals surface area contributed by atoms with Crippen molar-refractivity contribution in [3.05, 3.63) is 34.3 Å². The average Bonchev–Trinajstić information content (AvgIpc) is 3.02. The fourth-order valence-electron chi connectivity index (χ4n) is 3.19. The molecule has 0 radical (unpaired) electrons. The monoisotopic (exact) mass is 372 g/mol. The first-order valence-electron chi connectivity index (χ1n) is 7.35. The van der Waals surface area contributed by atoms with Crippen LogP contribution < -0.4 is 5.32 Å². The van der Waals surface area contributed by atoms with Gasteiger partial charge < -0.3 is 10.2 Å². The molecule has 1 unspecified atom stereocenters. The van der Waals surface area contributed by atoms with E-state index in [9.17, 15) is 4.79 Å². The number of hydrogen-bond donors (Lipinski definition) is 1. The maximum atomic E-state index is 12.4. The number of carbonyl (C=O) groups excluding carboxylic acids is 1. The highest BCUT2D eigenvalue weighted by Gasteiger charge is 2.46. The highest BCUT2D eigenvalue weighted by molar-refractivity contribution is 9.10. The standard InChI is InChI=1S/C16H21BrN2O.ClH/c1-19(15(20)14-3-2-10-18-14)11-16(8-9-16)12-4-6-13(17)7-5-12;/h4-7,14,18H,2-3,8-11H2,1H3;1H. The van der Waals surface area contributed by atoms with Crippen LogP contribution in [0, 0.1) is 0 Å². The van der Waals surface area contributed by atoms with Gasteiger partial charge in [0.1, 0.15) is 0 Å². The van der Waals surface area contributed by atoms with Crippen molar-refractivity contribution in [1.82, 2.24) is 10.2 Å². The van der Waals surface area contributed by atoms with Gasteiger partial charge >= 0.3 is 0 Å². The molecule has 1 aliphatic carbocycles. The van der Waals surface area contributed by atoms with Gasteiger partial charge in [-0.1, -0.05) is 28.1 Å². The average molecular weight is 374 g/mol. The number of rotatable bonds is 4. The Balaban J connectivity index is 0.00000161. The Morgan fingerprint density at radius 1 is 1.38 bits per heavy atom. The molecule has 1 aliphatic heterocycles. The quantitative estimate of drug-likeness (QED) is 0.879. The van der Waals surface area contributed by atoms with Crippen molar-refractivity contribution in [3.8, 4) is 0 Å². The molecule has 1 saturated heterocycles. The number of likely N-dealkylation sites (N-methyl/N-ethyl adjacent to an activating group) is 1. The van der Waals surface area contributed by atoms with E-state index >= 15 is 0 Å². The molecule has 21 heavy (non-hydrogen) atoms. The smallest absolute Gasteiger partial charge is 0.239 e. The molecule has 3 rings (SSSR count). The van der Waals surface area contributed by atoms with Crippen LogP contribution in [0.1, 0.15) is 31.2 Å². The Morgan fingerprint density at radius 3 is 2.57 bits per heavy atom. The van der Waals surface area contributed by atoms with Crippen molar-refractivity contribution in [1.29, 1.82) is 0 Å². The van der Waals surface area contributed by atoms with E-state index in [1.807, 2.05) is 11.9 Å². The fourth-order valence-corrected chi connectivity index (χ4v) is 3.45. The van der Waals surface area contributed by atoms with Crippen molar-refractivity contribution in [3.63, 3.8) is 0 Å². The van der Waals surface area contributed by atoms with E-state index in [1.165, 1.54) is 18.4 Å². The van der Waals surface area contributed by atoms with E-state index in [0.29, 0.717) is 0 Å². The first-order chi connectivity index (χ1) is 9.61. The zero-order valence-electron chi connectivity index (χ0n) is 12.3. The largest absolute Gasteiger partial charge is 0.344 e. The van der Waals surface area contributed by atoms with Gasteiger partial charge in [0.05, 0.1) is 6.04 Å². The molecular formula is C16H22BrClN2O. The van der Waals surface area contributed by atoms with E-state index in [1.54, 1.807) is 0 Å². The van der Waals surface area contributed by atoms with Gasteiger partial charge in [0, 0.05) is 23.5 Å². The Kier molecular flexibility index (Phi) is 5.33. The lowest BCUT2D eigenvalue weighted by Crippen LogP contribution is -2.44. The second kappa shape index (κ2) is 6.67. The molecule has 116 valence electrons. The molecule has 0 aromatic heterocycles. The predicted octanol–water partition coefficient (Wildman–Crippen LogP) is 3.11. The number of amides is 1. The molecule has 3 nitrogen and oxygen atoms in total. The van der Waals surface area contributed by atoms with Gasteiger partial charge in [-0.3, -0.25) is 4.79 Å². The molecule has 1 heterocycles. The lowest BCUT2D eigenvalue weighted by atomic mass is 9.95. The van der Waals surface area contributed by atoms with Crippen LogP contribution in [0.5, 0.6) is 0 Å². The number of halogens is 2. The minimum atomic E-state index is 0. The van der Waals surface area contributed by atoms with Crippen molar-refractivity contribution in [2.75, 3.05) is 20.1 Å². The van der Waals surface area contributed by atoms with Crippen molar-refractivity contribution in [2.24, 2.45) is 0 Å². The summed E-state index contributed by atoms with van der Waals surface area (Å²) in [5.74, 6) is 0.255. The maximum absolute atomic E-state index is 12.4. The molecule has 2 aliphatic rings. The second-order valence-electron chi connectivity index (χ2n) is 6.13. The molecule has 1 aromatic rings. The van der Waals surface area contributed by atoms with E-state index < -0.39 is 0 Å². The van der Waals surface area contributed by atoms with Crippen LogP contribution in [0.3, 0.4) is 0 Å². The SMILES string of the molecule is CN(CC1(c2ccc(Br)cc2)CC1)C(=O)C1CCCN1.Cl. The summed E-state index contributed by atoms with van der Waals surface area (Å²) < 4.78 is 1.11. The van der Waals surface area contributed by atoms with Crippen LogP contribution in [0.4, 0.5) is 0 Å². The van der Waals surface area contributed by atoms with Crippen LogP contribution in [-0.4, -0.2) is 37.0 Å². The normalized spacial score (nSPS) is 22.5. The maximum Gasteiger partial charge on any atom is 0.239 e. The molecule has 1 saturated carbocycles. The molecule has 1 N–H and O–H groups in total. The summed E-state index contributed by atoms with van der Waals surface area (Å²) in [4.78, 5) is 14.3. The molecule has 0 bridgehead atoms. The van der Waals surface area contributed by atoms with E-state index in [-0.39, 0.29) is 29.8 Å². The molecule has 1 atom stereocenters.